The number of aromatic carboxylic acids is 1. The number of nitrogens with zero attached hydrogens (tertiary/aromatic N) is 1. The SMILES string of the molecule is CCOC(=O)c1cnc2cc(C(F)(F)F)ccc2c1Nc1ccc(C(=O)[O-])cc1. The Morgan fingerprint density at radius 3 is 2.41 bits per heavy atom. The van der Waals surface area contributed by atoms with E-state index in [1.54, 1.807) is 6.92 Å². The first-order valence-electron chi connectivity index (χ1n) is 8.46. The van der Waals surface area contributed by atoms with E-state index in [2.05, 4.69) is 10.3 Å². The van der Waals surface area contributed by atoms with Gasteiger partial charge in [-0.3, -0.25) is 4.98 Å². The summed E-state index contributed by atoms with van der Waals surface area (Å²) in [6.07, 6.45) is -3.40. The summed E-state index contributed by atoms with van der Waals surface area (Å²) in [4.78, 5) is 27.2. The normalized spacial score (nSPS) is 11.3. The highest BCUT2D eigenvalue weighted by molar-refractivity contribution is 6.06. The maximum absolute atomic E-state index is 13.0. The fourth-order valence-corrected chi connectivity index (χ4v) is 2.70. The second kappa shape index (κ2) is 7.78. The van der Waals surface area contributed by atoms with Crippen molar-refractivity contribution >= 4 is 34.2 Å². The summed E-state index contributed by atoms with van der Waals surface area (Å²) >= 11 is 0. The predicted octanol–water partition coefficient (Wildman–Crippen LogP) is 3.54. The number of alkyl halides is 3. The zero-order chi connectivity index (χ0) is 21.2. The van der Waals surface area contributed by atoms with Gasteiger partial charge in [-0.15, -0.1) is 0 Å². The highest BCUT2D eigenvalue weighted by atomic mass is 19.4. The average molecular weight is 403 g/mol. The number of benzene rings is 2. The van der Waals surface area contributed by atoms with Crippen molar-refractivity contribution in [3.8, 4) is 0 Å². The van der Waals surface area contributed by atoms with Crippen LogP contribution in [0.25, 0.3) is 10.9 Å². The highest BCUT2D eigenvalue weighted by Gasteiger charge is 2.31. The van der Waals surface area contributed by atoms with Gasteiger partial charge in [0.25, 0.3) is 0 Å². The van der Waals surface area contributed by atoms with Crippen LogP contribution in [-0.4, -0.2) is 23.5 Å². The number of aromatic nitrogens is 1. The molecule has 3 aromatic rings. The molecule has 1 aromatic heterocycles. The van der Waals surface area contributed by atoms with Gasteiger partial charge in [0, 0.05) is 17.3 Å². The van der Waals surface area contributed by atoms with E-state index < -0.39 is 23.7 Å². The minimum absolute atomic E-state index is 0.0294. The van der Waals surface area contributed by atoms with E-state index in [1.165, 1.54) is 30.3 Å². The van der Waals surface area contributed by atoms with Crippen LogP contribution >= 0.6 is 0 Å². The molecule has 0 bridgehead atoms. The van der Waals surface area contributed by atoms with Gasteiger partial charge in [0.1, 0.15) is 5.56 Å². The quantitative estimate of drug-likeness (QED) is 0.656. The van der Waals surface area contributed by atoms with Gasteiger partial charge in [-0.05, 0) is 36.8 Å². The lowest BCUT2D eigenvalue weighted by Gasteiger charge is -2.15. The van der Waals surface area contributed by atoms with Crippen LogP contribution in [0.2, 0.25) is 0 Å². The van der Waals surface area contributed by atoms with Crippen molar-refractivity contribution in [1.82, 2.24) is 4.98 Å². The number of hydrogen-bond donors (Lipinski definition) is 1. The van der Waals surface area contributed by atoms with Crippen molar-refractivity contribution in [3.63, 3.8) is 0 Å². The monoisotopic (exact) mass is 403 g/mol. The van der Waals surface area contributed by atoms with Gasteiger partial charge in [0.05, 0.1) is 29.3 Å². The van der Waals surface area contributed by atoms with Crippen LogP contribution in [0.4, 0.5) is 24.5 Å². The molecule has 0 amide bonds. The molecule has 0 atom stereocenters. The molecule has 6 nitrogen and oxygen atoms in total. The minimum Gasteiger partial charge on any atom is -0.545 e. The Morgan fingerprint density at radius 1 is 1.14 bits per heavy atom. The van der Waals surface area contributed by atoms with Gasteiger partial charge in [-0.25, -0.2) is 4.79 Å². The number of carboxylic acid groups (broad SMARTS) is 1. The van der Waals surface area contributed by atoms with Gasteiger partial charge in [0.2, 0.25) is 0 Å². The summed E-state index contributed by atoms with van der Waals surface area (Å²) in [5, 5.41) is 14.1. The fraction of sp³-hybridized carbons (Fsp3) is 0.150. The van der Waals surface area contributed by atoms with Crippen molar-refractivity contribution in [3.05, 3.63) is 65.4 Å². The first-order valence-corrected chi connectivity index (χ1v) is 8.46. The number of esters is 1. The van der Waals surface area contributed by atoms with Gasteiger partial charge in [-0.1, -0.05) is 18.2 Å². The maximum atomic E-state index is 13.0. The highest BCUT2D eigenvalue weighted by Crippen LogP contribution is 2.35. The maximum Gasteiger partial charge on any atom is 0.416 e. The molecular formula is C20H14F3N2O4-. The lowest BCUT2D eigenvalue weighted by Crippen LogP contribution is -2.21. The summed E-state index contributed by atoms with van der Waals surface area (Å²) in [5.41, 5.74) is -0.248. The van der Waals surface area contributed by atoms with E-state index >= 15 is 0 Å². The Bertz CT molecular complexity index is 1080. The lowest BCUT2D eigenvalue weighted by molar-refractivity contribution is -0.255. The number of anilines is 2. The average Bonchev–Trinajstić information content (AvgIpc) is 2.67. The summed E-state index contributed by atoms with van der Waals surface area (Å²) in [6, 6.07) is 8.47. The van der Waals surface area contributed by atoms with Crippen molar-refractivity contribution in [2.24, 2.45) is 0 Å². The molecule has 0 aliphatic heterocycles. The molecule has 0 spiro atoms. The molecule has 0 aliphatic carbocycles. The molecule has 0 unspecified atom stereocenters. The van der Waals surface area contributed by atoms with Crippen molar-refractivity contribution in [1.29, 1.82) is 0 Å². The van der Waals surface area contributed by atoms with Crippen LogP contribution in [0.3, 0.4) is 0 Å². The summed E-state index contributed by atoms with van der Waals surface area (Å²) in [6.45, 7) is 1.72. The van der Waals surface area contributed by atoms with Crippen LogP contribution < -0.4 is 10.4 Å². The second-order valence-electron chi connectivity index (χ2n) is 5.99. The molecule has 29 heavy (non-hydrogen) atoms. The molecule has 0 saturated carbocycles. The molecule has 1 heterocycles. The Labute approximate surface area is 162 Å². The first kappa shape index (κ1) is 20.1. The molecular weight excluding hydrogens is 389 g/mol. The Kier molecular flexibility index (Phi) is 5.40. The van der Waals surface area contributed by atoms with E-state index in [0.29, 0.717) is 5.69 Å². The number of nitrogens with one attached hydrogen (secondary N) is 1. The number of ether oxygens (including phenoxy) is 1. The minimum atomic E-state index is -4.54. The third-order valence-electron chi connectivity index (χ3n) is 4.08. The fourth-order valence-electron chi connectivity index (χ4n) is 2.70. The molecule has 0 aliphatic rings. The number of rotatable bonds is 5. The summed E-state index contributed by atoms with van der Waals surface area (Å²) in [5.74, 6) is -2.05. The van der Waals surface area contributed by atoms with Gasteiger partial charge < -0.3 is 20.0 Å². The third kappa shape index (κ3) is 4.29. The number of hydrogen-bond acceptors (Lipinski definition) is 6. The smallest absolute Gasteiger partial charge is 0.416 e. The van der Waals surface area contributed by atoms with Gasteiger partial charge in [0.15, 0.2) is 0 Å². The van der Waals surface area contributed by atoms with Gasteiger partial charge >= 0.3 is 12.1 Å². The van der Waals surface area contributed by atoms with Crippen LogP contribution in [0, 0.1) is 0 Å². The van der Waals surface area contributed by atoms with E-state index in [4.69, 9.17) is 4.74 Å². The van der Waals surface area contributed by atoms with Crippen LogP contribution in [0.5, 0.6) is 0 Å². The zero-order valence-corrected chi connectivity index (χ0v) is 15.0. The number of carbonyl (C=O) groups is 2. The Hall–Kier alpha value is -3.62. The zero-order valence-electron chi connectivity index (χ0n) is 15.0. The van der Waals surface area contributed by atoms with E-state index in [9.17, 15) is 27.9 Å². The molecule has 0 fully saturated rings. The van der Waals surface area contributed by atoms with E-state index in [-0.39, 0.29) is 34.3 Å². The van der Waals surface area contributed by atoms with Crippen molar-refractivity contribution in [2.75, 3.05) is 11.9 Å². The number of fused-ring (bicyclic) bond motifs is 1. The summed E-state index contributed by atoms with van der Waals surface area (Å²) < 4.78 is 44.0. The van der Waals surface area contributed by atoms with Crippen molar-refractivity contribution in [2.45, 2.75) is 13.1 Å². The molecule has 2 aromatic carbocycles. The summed E-state index contributed by atoms with van der Waals surface area (Å²) in [7, 11) is 0. The van der Waals surface area contributed by atoms with Crippen LogP contribution in [-0.2, 0) is 10.9 Å². The molecule has 0 saturated heterocycles. The predicted molar refractivity (Wildman–Crippen MR) is 96.8 cm³/mol. The van der Waals surface area contributed by atoms with E-state index in [1.807, 2.05) is 0 Å². The largest absolute Gasteiger partial charge is 0.545 e. The lowest BCUT2D eigenvalue weighted by atomic mass is 10.1. The van der Waals surface area contributed by atoms with Crippen LogP contribution in [0.1, 0.15) is 33.2 Å². The Morgan fingerprint density at radius 2 is 1.83 bits per heavy atom. The molecule has 150 valence electrons. The second-order valence-corrected chi connectivity index (χ2v) is 5.99. The molecule has 1 N–H and O–H groups in total. The first-order chi connectivity index (χ1) is 13.7. The number of pyridine rings is 1. The Balaban J connectivity index is 2.12. The number of carboxylic acids is 1. The standard InChI is InChI=1S/C20H15F3N2O4/c1-2-29-19(28)15-10-24-16-9-12(20(21,22)23)5-8-14(16)17(15)25-13-6-3-11(4-7-13)18(26)27/h3-10H,2H2,1H3,(H,24,25)(H,26,27)/p-1. The van der Waals surface area contributed by atoms with Crippen molar-refractivity contribution < 1.29 is 32.6 Å². The number of carbonyl (C=O) groups excluding carboxylic acids is 2. The number of halogens is 3. The topological polar surface area (TPSA) is 91.3 Å². The molecule has 0 radical (unpaired) electrons. The van der Waals surface area contributed by atoms with Gasteiger partial charge in [-0.2, -0.15) is 13.2 Å². The molecule has 3 rings (SSSR count). The van der Waals surface area contributed by atoms with E-state index in [0.717, 1.165) is 18.3 Å². The molecule has 9 heteroatoms. The third-order valence-corrected chi connectivity index (χ3v) is 4.08. The van der Waals surface area contributed by atoms with Crippen LogP contribution in [0.15, 0.2) is 48.7 Å².